The molecule has 1 aromatic carbocycles. The van der Waals surface area contributed by atoms with Crippen LogP contribution in [0.2, 0.25) is 0 Å². The number of aliphatic hydroxyl groups excluding tert-OH is 1. The van der Waals surface area contributed by atoms with Gasteiger partial charge in [-0.25, -0.2) is 0 Å². The first kappa shape index (κ1) is 14.5. The second-order valence-corrected chi connectivity index (χ2v) is 7.58. The lowest BCUT2D eigenvalue weighted by Crippen LogP contribution is -2.55. The zero-order chi connectivity index (χ0) is 15.3. The van der Waals surface area contributed by atoms with E-state index in [4.69, 9.17) is 9.47 Å². The predicted octanol–water partition coefficient (Wildman–Crippen LogP) is 3.15. The van der Waals surface area contributed by atoms with Crippen molar-refractivity contribution in [3.8, 4) is 5.75 Å². The number of methoxy groups -OCH3 is 1. The molecule has 0 unspecified atom stereocenters. The Morgan fingerprint density at radius 1 is 1.27 bits per heavy atom. The number of rotatable bonds is 1. The Balaban J connectivity index is 1.68. The molecule has 1 saturated heterocycles. The van der Waals surface area contributed by atoms with Gasteiger partial charge in [0.05, 0.1) is 26.4 Å². The van der Waals surface area contributed by atoms with E-state index in [1.807, 2.05) is 0 Å². The summed E-state index contributed by atoms with van der Waals surface area (Å²) in [6.45, 7) is 3.61. The molecule has 0 radical (unpaired) electrons. The number of hydrogen-bond donors (Lipinski definition) is 1. The summed E-state index contributed by atoms with van der Waals surface area (Å²) in [5.74, 6) is 2.73. The predicted molar refractivity (Wildman–Crippen MR) is 85.2 cm³/mol. The van der Waals surface area contributed by atoms with Crippen molar-refractivity contribution in [1.82, 2.24) is 0 Å². The molecule has 2 aliphatic carbocycles. The second-order valence-electron chi connectivity index (χ2n) is 7.58. The van der Waals surface area contributed by atoms with Gasteiger partial charge in [-0.3, -0.25) is 0 Å². The van der Waals surface area contributed by atoms with Gasteiger partial charge in [0.1, 0.15) is 5.75 Å². The van der Waals surface area contributed by atoms with E-state index >= 15 is 0 Å². The van der Waals surface area contributed by atoms with Crippen LogP contribution in [-0.2, 0) is 11.2 Å². The molecule has 1 aliphatic heterocycles. The molecule has 3 heteroatoms. The number of aliphatic hydroxyl groups is 1. The van der Waals surface area contributed by atoms with Crippen LogP contribution < -0.4 is 4.74 Å². The van der Waals surface area contributed by atoms with Crippen LogP contribution in [0.5, 0.6) is 5.75 Å². The zero-order valence-electron chi connectivity index (χ0n) is 13.5. The van der Waals surface area contributed by atoms with Crippen LogP contribution in [0, 0.1) is 17.3 Å². The van der Waals surface area contributed by atoms with Crippen LogP contribution in [0.25, 0.3) is 0 Å². The van der Waals surface area contributed by atoms with Crippen molar-refractivity contribution in [2.75, 3.05) is 20.3 Å². The smallest absolute Gasteiger partial charge is 0.119 e. The van der Waals surface area contributed by atoms with Crippen molar-refractivity contribution in [1.29, 1.82) is 0 Å². The lowest BCUT2D eigenvalue weighted by Gasteiger charge is -2.55. The summed E-state index contributed by atoms with van der Waals surface area (Å²) in [5.41, 5.74) is 3.02. The Morgan fingerprint density at radius 3 is 2.95 bits per heavy atom. The fraction of sp³-hybridized carbons (Fsp3) is 0.684. The highest BCUT2D eigenvalue weighted by atomic mass is 16.5. The van der Waals surface area contributed by atoms with Crippen molar-refractivity contribution >= 4 is 0 Å². The van der Waals surface area contributed by atoms with E-state index in [9.17, 15) is 5.11 Å². The van der Waals surface area contributed by atoms with E-state index in [2.05, 4.69) is 25.1 Å². The van der Waals surface area contributed by atoms with Crippen LogP contribution in [0.15, 0.2) is 18.2 Å². The lowest BCUT2D eigenvalue weighted by atomic mass is 9.53. The standard InChI is InChI=1S/C19H26O3/c1-19-8-7-15-14-6-4-13(21-2)9-12(14)3-5-16(15)17(19)10-22-11-18(19)20/h4,6,9,15-18,20H,3,5,7-8,10-11H2,1-2H3/t15-,16+,17+,18+,19+/m1/s1. The molecule has 1 heterocycles. The third-order valence-electron chi connectivity index (χ3n) is 6.71. The maximum atomic E-state index is 10.5. The van der Waals surface area contributed by atoms with E-state index < -0.39 is 0 Å². The third-order valence-corrected chi connectivity index (χ3v) is 6.71. The van der Waals surface area contributed by atoms with Crippen LogP contribution in [0.1, 0.15) is 43.2 Å². The summed E-state index contributed by atoms with van der Waals surface area (Å²) in [6.07, 6.45) is 4.32. The molecule has 120 valence electrons. The summed E-state index contributed by atoms with van der Waals surface area (Å²) in [6, 6.07) is 6.58. The van der Waals surface area contributed by atoms with Crippen LogP contribution in [0.3, 0.4) is 0 Å². The third kappa shape index (κ3) is 2.02. The summed E-state index contributed by atoms with van der Waals surface area (Å²) in [7, 11) is 1.74. The zero-order valence-corrected chi connectivity index (χ0v) is 13.5. The average molecular weight is 302 g/mol. The van der Waals surface area contributed by atoms with Crippen LogP contribution >= 0.6 is 0 Å². The minimum absolute atomic E-state index is 0.0450. The fourth-order valence-electron chi connectivity index (χ4n) is 5.26. The molecule has 1 aromatic rings. The summed E-state index contributed by atoms with van der Waals surface area (Å²) >= 11 is 0. The molecule has 5 atom stereocenters. The molecule has 0 amide bonds. The minimum Gasteiger partial charge on any atom is -0.497 e. The fourth-order valence-corrected chi connectivity index (χ4v) is 5.26. The van der Waals surface area contributed by atoms with Gasteiger partial charge in [-0.2, -0.15) is 0 Å². The molecule has 0 spiro atoms. The Morgan fingerprint density at radius 2 is 2.14 bits per heavy atom. The first-order chi connectivity index (χ1) is 10.6. The van der Waals surface area contributed by atoms with E-state index in [1.54, 1.807) is 7.11 Å². The first-order valence-corrected chi connectivity index (χ1v) is 8.56. The number of aryl methyl sites for hydroxylation is 1. The van der Waals surface area contributed by atoms with Crippen molar-refractivity contribution in [3.05, 3.63) is 29.3 Å². The average Bonchev–Trinajstić information content (AvgIpc) is 2.55. The maximum Gasteiger partial charge on any atom is 0.119 e. The van der Waals surface area contributed by atoms with Crippen molar-refractivity contribution < 1.29 is 14.6 Å². The van der Waals surface area contributed by atoms with Gasteiger partial charge in [-0.1, -0.05) is 13.0 Å². The Labute approximate surface area is 132 Å². The van der Waals surface area contributed by atoms with E-state index in [0.717, 1.165) is 25.2 Å². The van der Waals surface area contributed by atoms with Crippen LogP contribution in [0.4, 0.5) is 0 Å². The van der Waals surface area contributed by atoms with Crippen LogP contribution in [-0.4, -0.2) is 31.5 Å². The van der Waals surface area contributed by atoms with Gasteiger partial charge in [-0.15, -0.1) is 0 Å². The van der Waals surface area contributed by atoms with E-state index in [-0.39, 0.29) is 11.5 Å². The van der Waals surface area contributed by atoms with Gasteiger partial charge in [-0.05, 0) is 66.7 Å². The molecule has 0 bridgehead atoms. The summed E-state index contributed by atoms with van der Waals surface area (Å²) in [4.78, 5) is 0. The van der Waals surface area contributed by atoms with Gasteiger partial charge in [0.2, 0.25) is 0 Å². The minimum atomic E-state index is -0.301. The normalized spacial score (nSPS) is 40.3. The topological polar surface area (TPSA) is 38.7 Å². The molecule has 0 aromatic heterocycles. The number of hydrogen-bond acceptors (Lipinski definition) is 3. The largest absolute Gasteiger partial charge is 0.497 e. The van der Waals surface area contributed by atoms with E-state index in [0.29, 0.717) is 24.4 Å². The SMILES string of the molecule is COc1ccc2c(c1)CC[C@H]1[C@@H]2CC[C@]2(C)[C@@H](O)COC[C@@H]12. The quantitative estimate of drug-likeness (QED) is 0.866. The van der Waals surface area contributed by atoms with Gasteiger partial charge in [0.25, 0.3) is 0 Å². The highest BCUT2D eigenvalue weighted by Gasteiger charge is 2.53. The number of ether oxygens (including phenoxy) is 2. The molecule has 3 nitrogen and oxygen atoms in total. The first-order valence-electron chi connectivity index (χ1n) is 8.56. The highest BCUT2D eigenvalue weighted by molar-refractivity contribution is 5.40. The summed E-state index contributed by atoms with van der Waals surface area (Å²) < 4.78 is 11.1. The van der Waals surface area contributed by atoms with Crippen molar-refractivity contribution in [3.63, 3.8) is 0 Å². The lowest BCUT2D eigenvalue weighted by molar-refractivity contribution is -0.166. The Kier molecular flexibility index (Phi) is 3.46. The van der Waals surface area contributed by atoms with Gasteiger partial charge < -0.3 is 14.6 Å². The van der Waals surface area contributed by atoms with Crippen molar-refractivity contribution in [2.45, 2.75) is 44.6 Å². The van der Waals surface area contributed by atoms with Gasteiger partial charge in [0.15, 0.2) is 0 Å². The van der Waals surface area contributed by atoms with Gasteiger partial charge >= 0.3 is 0 Å². The van der Waals surface area contributed by atoms with Crippen molar-refractivity contribution in [2.24, 2.45) is 17.3 Å². The molecule has 1 N–H and O–H groups in total. The van der Waals surface area contributed by atoms with E-state index in [1.165, 1.54) is 24.0 Å². The molecule has 1 saturated carbocycles. The monoisotopic (exact) mass is 302 g/mol. The summed E-state index contributed by atoms with van der Waals surface area (Å²) in [5, 5.41) is 10.5. The number of fused-ring (bicyclic) bond motifs is 5. The molecule has 3 aliphatic rings. The molecule has 22 heavy (non-hydrogen) atoms. The Bertz CT molecular complexity index is 570. The maximum absolute atomic E-state index is 10.5. The number of benzene rings is 1. The second kappa shape index (κ2) is 5.24. The molecule has 4 rings (SSSR count). The molecular weight excluding hydrogens is 276 g/mol. The molecule has 2 fully saturated rings. The van der Waals surface area contributed by atoms with Gasteiger partial charge in [0, 0.05) is 5.41 Å². The molecular formula is C19H26O3. The Hall–Kier alpha value is -1.06. The highest BCUT2D eigenvalue weighted by Crippen LogP contribution is 2.57.